The van der Waals surface area contributed by atoms with Crippen LogP contribution >= 0.6 is 0 Å². The molecular weight excluding hydrogens is 154 g/mol. The zero-order valence-electron chi connectivity index (χ0n) is 6.56. The molecule has 4 nitrogen and oxygen atoms in total. The summed E-state index contributed by atoms with van der Waals surface area (Å²) in [6.45, 7) is 1.79. The van der Waals surface area contributed by atoms with E-state index in [2.05, 4.69) is 10.1 Å². The van der Waals surface area contributed by atoms with Gasteiger partial charge in [0.1, 0.15) is 0 Å². The second-order valence-corrected chi connectivity index (χ2v) is 2.53. The Morgan fingerprint density at radius 1 is 1.50 bits per heavy atom. The minimum atomic E-state index is -0.141. The lowest BCUT2D eigenvalue weighted by molar-refractivity contribution is 0.858. The number of hydrogen-bond acceptors (Lipinski definition) is 3. The minimum absolute atomic E-state index is 0.141. The van der Waals surface area contributed by atoms with E-state index < -0.39 is 0 Å². The van der Waals surface area contributed by atoms with Crippen LogP contribution in [0.5, 0.6) is 0 Å². The maximum atomic E-state index is 11.3. The van der Waals surface area contributed by atoms with E-state index in [9.17, 15) is 4.79 Å². The van der Waals surface area contributed by atoms with Crippen molar-refractivity contribution in [3.63, 3.8) is 0 Å². The van der Waals surface area contributed by atoms with Crippen molar-refractivity contribution in [1.29, 1.82) is 0 Å². The van der Waals surface area contributed by atoms with Crippen LogP contribution in [0.1, 0.15) is 5.69 Å². The molecule has 0 aromatic carbocycles. The Morgan fingerprint density at radius 2 is 2.33 bits per heavy atom. The first-order valence-corrected chi connectivity index (χ1v) is 3.59. The third-order valence-electron chi connectivity index (χ3n) is 1.56. The maximum absolute atomic E-state index is 11.3. The summed E-state index contributed by atoms with van der Waals surface area (Å²) in [5, 5.41) is 3.86. The molecule has 0 bridgehead atoms. The van der Waals surface area contributed by atoms with E-state index in [1.165, 1.54) is 10.6 Å². The van der Waals surface area contributed by atoms with Gasteiger partial charge >= 0.3 is 0 Å². The van der Waals surface area contributed by atoms with Crippen LogP contribution in [-0.4, -0.2) is 14.6 Å². The molecule has 0 amide bonds. The van der Waals surface area contributed by atoms with Gasteiger partial charge in [-0.2, -0.15) is 9.61 Å². The van der Waals surface area contributed by atoms with Gasteiger partial charge in [0.25, 0.3) is 5.56 Å². The highest BCUT2D eigenvalue weighted by molar-refractivity contribution is 5.35. The van der Waals surface area contributed by atoms with Crippen molar-refractivity contribution in [1.82, 2.24) is 14.6 Å². The Labute approximate surface area is 68.5 Å². The highest BCUT2D eigenvalue weighted by Crippen LogP contribution is 1.93. The Hall–Kier alpha value is -1.71. The number of fused-ring (bicyclic) bond motifs is 1. The molecule has 0 aliphatic rings. The van der Waals surface area contributed by atoms with E-state index >= 15 is 0 Å². The third-order valence-corrected chi connectivity index (χ3v) is 1.56. The molecule has 0 saturated carbocycles. The summed E-state index contributed by atoms with van der Waals surface area (Å²) >= 11 is 0. The van der Waals surface area contributed by atoms with Crippen molar-refractivity contribution in [3.8, 4) is 0 Å². The van der Waals surface area contributed by atoms with Gasteiger partial charge in [0.05, 0.1) is 0 Å². The quantitative estimate of drug-likeness (QED) is 0.561. The fourth-order valence-corrected chi connectivity index (χ4v) is 1.07. The van der Waals surface area contributed by atoms with Gasteiger partial charge in [-0.05, 0) is 19.1 Å². The molecule has 0 unspecified atom stereocenters. The molecule has 2 rings (SSSR count). The van der Waals surface area contributed by atoms with Gasteiger partial charge in [-0.1, -0.05) is 0 Å². The van der Waals surface area contributed by atoms with Gasteiger partial charge in [-0.15, -0.1) is 0 Å². The molecule has 0 N–H and O–H groups in total. The molecule has 2 aromatic heterocycles. The average Bonchev–Trinajstić information content (AvgIpc) is 2.04. The fraction of sp³-hybridized carbons (Fsp3) is 0.125. The van der Waals surface area contributed by atoms with E-state index in [4.69, 9.17) is 0 Å². The van der Waals surface area contributed by atoms with Gasteiger partial charge in [-0.25, -0.2) is 4.98 Å². The molecule has 0 atom stereocenters. The molecule has 4 heteroatoms. The van der Waals surface area contributed by atoms with Crippen molar-refractivity contribution in [2.24, 2.45) is 0 Å². The fourth-order valence-electron chi connectivity index (χ4n) is 1.07. The van der Waals surface area contributed by atoms with Crippen molar-refractivity contribution < 1.29 is 0 Å². The van der Waals surface area contributed by atoms with Gasteiger partial charge < -0.3 is 0 Å². The number of nitrogens with zero attached hydrogens (tertiary/aromatic N) is 3. The normalized spacial score (nSPS) is 10.4. The number of rotatable bonds is 0. The molecule has 0 radical (unpaired) electrons. The molecule has 60 valence electrons. The number of hydrogen-bond donors (Lipinski definition) is 0. The standard InChI is InChI=1S/C8H7N3O/c1-6-5-8(12)11-7(10-6)3-2-4-9-11/h2-5H,1H3. The molecule has 0 aliphatic carbocycles. The van der Waals surface area contributed by atoms with Crippen LogP contribution in [-0.2, 0) is 0 Å². The van der Waals surface area contributed by atoms with Crippen molar-refractivity contribution >= 4 is 5.65 Å². The van der Waals surface area contributed by atoms with Gasteiger partial charge in [0, 0.05) is 18.0 Å². The van der Waals surface area contributed by atoms with Crippen LogP contribution in [0.3, 0.4) is 0 Å². The predicted molar refractivity (Wildman–Crippen MR) is 44.0 cm³/mol. The summed E-state index contributed by atoms with van der Waals surface area (Å²) in [7, 11) is 0. The summed E-state index contributed by atoms with van der Waals surface area (Å²) in [6, 6.07) is 4.96. The summed E-state index contributed by atoms with van der Waals surface area (Å²) < 4.78 is 1.27. The molecule has 2 aromatic rings. The lowest BCUT2D eigenvalue weighted by Crippen LogP contribution is -2.16. The van der Waals surface area contributed by atoms with E-state index in [-0.39, 0.29) is 5.56 Å². The first-order chi connectivity index (χ1) is 5.77. The highest BCUT2D eigenvalue weighted by Gasteiger charge is 1.96. The summed E-state index contributed by atoms with van der Waals surface area (Å²) in [6.07, 6.45) is 1.56. The SMILES string of the molecule is Cc1cc(=O)n2ncccc2n1. The average molecular weight is 161 g/mol. The summed E-state index contributed by atoms with van der Waals surface area (Å²) in [4.78, 5) is 15.4. The molecule has 0 spiro atoms. The Kier molecular flexibility index (Phi) is 1.40. The van der Waals surface area contributed by atoms with E-state index in [1.54, 1.807) is 25.3 Å². The van der Waals surface area contributed by atoms with E-state index in [0.717, 1.165) is 0 Å². The van der Waals surface area contributed by atoms with E-state index in [0.29, 0.717) is 11.3 Å². The number of aryl methyl sites for hydroxylation is 1. The third kappa shape index (κ3) is 0.972. The second kappa shape index (κ2) is 2.41. The smallest absolute Gasteiger partial charge is 0.267 e. The summed E-state index contributed by atoms with van der Waals surface area (Å²) in [5.74, 6) is 0. The first-order valence-electron chi connectivity index (χ1n) is 3.59. The van der Waals surface area contributed by atoms with Crippen LogP contribution in [0.2, 0.25) is 0 Å². The summed E-state index contributed by atoms with van der Waals surface area (Å²) in [5.41, 5.74) is 1.16. The Morgan fingerprint density at radius 3 is 3.17 bits per heavy atom. The zero-order chi connectivity index (χ0) is 8.55. The van der Waals surface area contributed by atoms with Crippen LogP contribution in [0.25, 0.3) is 5.65 Å². The van der Waals surface area contributed by atoms with Crippen LogP contribution < -0.4 is 5.56 Å². The monoisotopic (exact) mass is 161 g/mol. The van der Waals surface area contributed by atoms with Crippen molar-refractivity contribution in [2.75, 3.05) is 0 Å². The van der Waals surface area contributed by atoms with Crippen LogP contribution in [0.4, 0.5) is 0 Å². The van der Waals surface area contributed by atoms with Crippen LogP contribution in [0, 0.1) is 6.92 Å². The van der Waals surface area contributed by atoms with Crippen LogP contribution in [0.15, 0.2) is 29.2 Å². The molecular formula is C8H7N3O. The minimum Gasteiger partial charge on any atom is -0.267 e. The molecule has 0 saturated heterocycles. The molecule has 2 heterocycles. The molecule has 0 aliphatic heterocycles. The molecule has 0 fully saturated rings. The lowest BCUT2D eigenvalue weighted by atomic mass is 10.4. The van der Waals surface area contributed by atoms with Gasteiger partial charge in [0.15, 0.2) is 5.65 Å². The first kappa shape index (κ1) is 6.97. The maximum Gasteiger partial charge on any atom is 0.274 e. The van der Waals surface area contributed by atoms with Gasteiger partial charge in [-0.3, -0.25) is 4.79 Å². The lowest BCUT2D eigenvalue weighted by Gasteiger charge is -1.96. The highest BCUT2D eigenvalue weighted by atomic mass is 16.1. The predicted octanol–water partition coefficient (Wildman–Crippen LogP) is 0.398. The van der Waals surface area contributed by atoms with Gasteiger partial charge in [0.2, 0.25) is 0 Å². The topological polar surface area (TPSA) is 47.3 Å². The Balaban J connectivity index is 2.99. The van der Waals surface area contributed by atoms with Crippen molar-refractivity contribution in [2.45, 2.75) is 6.92 Å². The Bertz CT molecular complexity index is 475. The zero-order valence-corrected chi connectivity index (χ0v) is 6.56. The number of aromatic nitrogens is 3. The largest absolute Gasteiger partial charge is 0.274 e. The second-order valence-electron chi connectivity index (χ2n) is 2.53. The molecule has 12 heavy (non-hydrogen) atoms. The van der Waals surface area contributed by atoms with E-state index in [1.807, 2.05) is 0 Å². The van der Waals surface area contributed by atoms with Crippen molar-refractivity contribution in [3.05, 3.63) is 40.4 Å².